The Labute approximate surface area is 208 Å². The summed E-state index contributed by atoms with van der Waals surface area (Å²) in [6, 6.07) is 12.5. The van der Waals surface area contributed by atoms with Gasteiger partial charge in [-0.2, -0.15) is 0 Å². The lowest BCUT2D eigenvalue weighted by Crippen LogP contribution is -2.60. The first-order valence-corrected chi connectivity index (χ1v) is 12.7. The third kappa shape index (κ3) is 5.06. The summed E-state index contributed by atoms with van der Waals surface area (Å²) in [6.45, 7) is 8.35. The van der Waals surface area contributed by atoms with E-state index in [-0.39, 0.29) is 29.8 Å². The van der Waals surface area contributed by atoms with Crippen LogP contribution in [-0.2, 0) is 9.59 Å². The summed E-state index contributed by atoms with van der Waals surface area (Å²) in [4.78, 5) is 41.8. The van der Waals surface area contributed by atoms with E-state index in [4.69, 9.17) is 0 Å². The smallest absolute Gasteiger partial charge is 0.252 e. The molecule has 3 amide bonds. The minimum Gasteiger partial charge on any atom is -0.347 e. The Morgan fingerprint density at radius 3 is 2.43 bits per heavy atom. The largest absolute Gasteiger partial charge is 0.347 e. The van der Waals surface area contributed by atoms with Gasteiger partial charge in [-0.05, 0) is 61.4 Å². The molecular formula is C28H38N4O3. The quantitative estimate of drug-likeness (QED) is 0.595. The molecule has 2 aromatic carbocycles. The molecule has 0 spiro atoms. The maximum Gasteiger partial charge on any atom is 0.252 e. The van der Waals surface area contributed by atoms with Gasteiger partial charge in [0.1, 0.15) is 6.04 Å². The molecule has 2 aromatic rings. The van der Waals surface area contributed by atoms with Crippen LogP contribution in [0, 0.1) is 11.3 Å². The van der Waals surface area contributed by atoms with Crippen molar-refractivity contribution in [3.63, 3.8) is 0 Å². The van der Waals surface area contributed by atoms with Crippen molar-refractivity contribution in [2.75, 3.05) is 13.6 Å². The topological polar surface area (TPSA) is 90.5 Å². The summed E-state index contributed by atoms with van der Waals surface area (Å²) in [6.07, 6.45) is 2.76. The van der Waals surface area contributed by atoms with E-state index in [1.54, 1.807) is 14.0 Å². The summed E-state index contributed by atoms with van der Waals surface area (Å²) < 4.78 is 0. The van der Waals surface area contributed by atoms with Crippen molar-refractivity contribution in [3.05, 3.63) is 48.0 Å². The van der Waals surface area contributed by atoms with E-state index in [9.17, 15) is 14.4 Å². The van der Waals surface area contributed by atoms with E-state index in [0.717, 1.165) is 30.0 Å². The van der Waals surface area contributed by atoms with Crippen LogP contribution in [0.4, 0.5) is 0 Å². The van der Waals surface area contributed by atoms with Gasteiger partial charge in [0, 0.05) is 18.2 Å². The van der Waals surface area contributed by atoms with E-state index < -0.39 is 17.5 Å². The molecule has 7 nitrogen and oxygen atoms in total. The molecule has 188 valence electrons. The molecule has 2 aliphatic rings. The number of carbonyl (C=O) groups excluding carboxylic acids is 3. The lowest BCUT2D eigenvalue weighted by atomic mass is 9.85. The highest BCUT2D eigenvalue weighted by Gasteiger charge is 2.49. The third-order valence-corrected chi connectivity index (χ3v) is 7.70. The molecule has 5 atom stereocenters. The van der Waals surface area contributed by atoms with Crippen molar-refractivity contribution >= 4 is 28.5 Å². The highest BCUT2D eigenvalue weighted by Crippen LogP contribution is 2.39. The van der Waals surface area contributed by atoms with Gasteiger partial charge < -0.3 is 20.9 Å². The van der Waals surface area contributed by atoms with Crippen LogP contribution < -0.4 is 16.0 Å². The monoisotopic (exact) mass is 478 g/mol. The number of fused-ring (bicyclic) bond motifs is 2. The van der Waals surface area contributed by atoms with Gasteiger partial charge in [0.15, 0.2) is 0 Å². The number of amides is 3. The Balaban J connectivity index is 1.54. The molecule has 3 N–H and O–H groups in total. The molecule has 1 aliphatic heterocycles. The molecule has 5 unspecified atom stereocenters. The van der Waals surface area contributed by atoms with E-state index in [0.29, 0.717) is 18.0 Å². The van der Waals surface area contributed by atoms with Crippen molar-refractivity contribution in [2.24, 2.45) is 11.3 Å². The number of likely N-dealkylation sites (tertiary alicyclic amines) is 1. The minimum atomic E-state index is -0.639. The Morgan fingerprint density at radius 1 is 1.00 bits per heavy atom. The van der Waals surface area contributed by atoms with Gasteiger partial charge in [0.2, 0.25) is 11.8 Å². The predicted octanol–water partition coefficient (Wildman–Crippen LogP) is 3.09. The molecule has 7 heteroatoms. The lowest BCUT2D eigenvalue weighted by Gasteiger charge is -2.38. The van der Waals surface area contributed by atoms with E-state index >= 15 is 0 Å². The average molecular weight is 479 g/mol. The fourth-order valence-corrected chi connectivity index (χ4v) is 5.60. The van der Waals surface area contributed by atoms with Crippen LogP contribution in [0.1, 0.15) is 57.3 Å². The summed E-state index contributed by atoms with van der Waals surface area (Å²) in [5.41, 5.74) is 0.210. The number of rotatable bonds is 6. The molecule has 35 heavy (non-hydrogen) atoms. The molecule has 1 saturated heterocycles. The number of nitrogens with one attached hydrogen (secondary N) is 3. The van der Waals surface area contributed by atoms with Crippen LogP contribution in [-0.4, -0.2) is 60.4 Å². The Morgan fingerprint density at radius 2 is 1.71 bits per heavy atom. The number of hydrogen-bond acceptors (Lipinski definition) is 4. The molecule has 1 aliphatic carbocycles. The zero-order chi connectivity index (χ0) is 25.3. The molecule has 2 fully saturated rings. The van der Waals surface area contributed by atoms with Gasteiger partial charge in [-0.1, -0.05) is 57.2 Å². The minimum absolute atomic E-state index is 0.0510. The van der Waals surface area contributed by atoms with Gasteiger partial charge in [-0.15, -0.1) is 0 Å². The van der Waals surface area contributed by atoms with Crippen LogP contribution in [0.2, 0.25) is 0 Å². The number of nitrogens with zero attached hydrogens (tertiary/aromatic N) is 1. The fraction of sp³-hybridized carbons (Fsp3) is 0.536. The lowest BCUT2D eigenvalue weighted by molar-refractivity contribution is -0.141. The van der Waals surface area contributed by atoms with Gasteiger partial charge in [-0.25, -0.2) is 0 Å². The number of benzene rings is 2. The van der Waals surface area contributed by atoms with Crippen LogP contribution >= 0.6 is 0 Å². The SMILES string of the molecule is CNC(C)C(=O)NC(C(=O)N1CCC2CCC(NC(=O)c3cccc4ccccc34)C21)C(C)(C)C. The number of likely N-dealkylation sites (N-methyl/N-ethyl adjacent to an activating group) is 1. The second-order valence-electron chi connectivity index (χ2n) is 11.1. The van der Waals surface area contributed by atoms with E-state index in [2.05, 4.69) is 16.0 Å². The van der Waals surface area contributed by atoms with Gasteiger partial charge in [0.25, 0.3) is 5.91 Å². The molecule has 4 rings (SSSR count). The molecule has 0 aromatic heterocycles. The van der Waals surface area contributed by atoms with Crippen LogP contribution in [0.3, 0.4) is 0 Å². The standard InChI is InChI=1S/C28H38N4O3/c1-17(29-5)25(33)31-24(28(2,3)4)27(35)32-16-15-19-13-14-22(23(19)32)30-26(34)21-12-8-10-18-9-6-7-11-20(18)21/h6-12,17,19,22-24,29H,13-16H2,1-5H3,(H,30,34)(H,31,33). The second-order valence-corrected chi connectivity index (χ2v) is 11.1. The highest BCUT2D eigenvalue weighted by molar-refractivity contribution is 6.07. The van der Waals surface area contributed by atoms with Gasteiger partial charge in [-0.3, -0.25) is 14.4 Å². The zero-order valence-corrected chi connectivity index (χ0v) is 21.4. The molecule has 0 radical (unpaired) electrons. The second kappa shape index (κ2) is 9.97. The van der Waals surface area contributed by atoms with E-state index in [1.165, 1.54) is 0 Å². The number of hydrogen-bond donors (Lipinski definition) is 3. The predicted molar refractivity (Wildman–Crippen MR) is 138 cm³/mol. The molecule has 1 saturated carbocycles. The Hall–Kier alpha value is -2.93. The van der Waals surface area contributed by atoms with Gasteiger partial charge >= 0.3 is 0 Å². The summed E-state index contributed by atoms with van der Waals surface area (Å²) in [7, 11) is 1.73. The normalized spacial score (nSPS) is 23.6. The molecule has 1 heterocycles. The van der Waals surface area contributed by atoms with Crippen molar-refractivity contribution < 1.29 is 14.4 Å². The van der Waals surface area contributed by atoms with Crippen molar-refractivity contribution in [1.82, 2.24) is 20.9 Å². The first-order chi connectivity index (χ1) is 16.6. The maximum atomic E-state index is 13.8. The Kier molecular flexibility index (Phi) is 7.17. The summed E-state index contributed by atoms with van der Waals surface area (Å²) in [5.74, 6) is 0.0105. The van der Waals surface area contributed by atoms with Crippen LogP contribution in [0.25, 0.3) is 10.8 Å². The molecule has 0 bridgehead atoms. The van der Waals surface area contributed by atoms with Gasteiger partial charge in [0.05, 0.1) is 12.1 Å². The van der Waals surface area contributed by atoms with E-state index in [1.807, 2.05) is 68.1 Å². The first-order valence-electron chi connectivity index (χ1n) is 12.7. The van der Waals surface area contributed by atoms with Crippen molar-refractivity contribution in [1.29, 1.82) is 0 Å². The Bertz CT molecular complexity index is 1100. The fourth-order valence-electron chi connectivity index (χ4n) is 5.60. The average Bonchev–Trinajstić information content (AvgIpc) is 3.43. The highest BCUT2D eigenvalue weighted by atomic mass is 16.2. The van der Waals surface area contributed by atoms with Crippen LogP contribution in [0.5, 0.6) is 0 Å². The number of carbonyl (C=O) groups is 3. The van der Waals surface area contributed by atoms with Crippen molar-refractivity contribution in [2.45, 2.75) is 71.1 Å². The zero-order valence-electron chi connectivity index (χ0n) is 21.4. The summed E-state index contributed by atoms with van der Waals surface area (Å²) in [5, 5.41) is 11.1. The maximum absolute atomic E-state index is 13.8. The first kappa shape index (κ1) is 25.2. The van der Waals surface area contributed by atoms with Crippen LogP contribution in [0.15, 0.2) is 42.5 Å². The summed E-state index contributed by atoms with van der Waals surface area (Å²) >= 11 is 0. The molecular weight excluding hydrogens is 440 g/mol. The van der Waals surface area contributed by atoms with Crippen molar-refractivity contribution in [3.8, 4) is 0 Å². The third-order valence-electron chi connectivity index (χ3n) is 7.70.